The number of hydrogen-bond acceptors (Lipinski definition) is 4. The van der Waals surface area contributed by atoms with Gasteiger partial charge in [-0.1, -0.05) is 23.5 Å². The normalized spacial score (nSPS) is 11.1. The molecule has 0 bridgehead atoms. The van der Waals surface area contributed by atoms with E-state index in [1.54, 1.807) is 18.2 Å². The Hall–Kier alpha value is -1.27. The van der Waals surface area contributed by atoms with Gasteiger partial charge in [0.1, 0.15) is 0 Å². The lowest BCUT2D eigenvalue weighted by atomic mass is 10.2. The molecular formula is C10H4BrFN2OS. The van der Waals surface area contributed by atoms with Crippen molar-refractivity contribution < 1.29 is 8.81 Å². The maximum atomic E-state index is 13.4. The quantitative estimate of drug-likeness (QED) is 0.685. The van der Waals surface area contributed by atoms with E-state index in [2.05, 4.69) is 26.1 Å². The van der Waals surface area contributed by atoms with Gasteiger partial charge in [-0.2, -0.15) is 0 Å². The van der Waals surface area contributed by atoms with Crippen molar-refractivity contribution in [1.29, 1.82) is 0 Å². The van der Waals surface area contributed by atoms with Gasteiger partial charge in [0.25, 0.3) is 0 Å². The second kappa shape index (κ2) is 3.64. The fraction of sp³-hybridized carbons (Fsp3) is 0. The Morgan fingerprint density at radius 2 is 2.19 bits per heavy atom. The zero-order valence-electron chi connectivity index (χ0n) is 7.78. The minimum absolute atomic E-state index is 0.254. The van der Waals surface area contributed by atoms with Crippen LogP contribution in [0.2, 0.25) is 0 Å². The van der Waals surface area contributed by atoms with Crippen LogP contribution in [0.5, 0.6) is 0 Å². The first kappa shape index (κ1) is 9.92. The fourth-order valence-corrected chi connectivity index (χ4v) is 2.50. The van der Waals surface area contributed by atoms with E-state index >= 15 is 0 Å². The molecule has 2 aromatic heterocycles. The van der Waals surface area contributed by atoms with E-state index in [1.807, 2.05) is 0 Å². The van der Waals surface area contributed by atoms with Gasteiger partial charge in [0, 0.05) is 5.39 Å². The Morgan fingerprint density at radius 1 is 1.31 bits per heavy atom. The third-order valence-electron chi connectivity index (χ3n) is 2.11. The van der Waals surface area contributed by atoms with Crippen LogP contribution < -0.4 is 0 Å². The molecule has 3 nitrogen and oxygen atoms in total. The highest BCUT2D eigenvalue weighted by Gasteiger charge is 2.12. The molecule has 0 amide bonds. The molecule has 0 saturated carbocycles. The minimum atomic E-state index is -0.368. The van der Waals surface area contributed by atoms with E-state index in [9.17, 15) is 4.39 Å². The highest BCUT2D eigenvalue weighted by Crippen LogP contribution is 2.32. The smallest absolute Gasteiger partial charge is 0.184 e. The summed E-state index contributed by atoms with van der Waals surface area (Å²) >= 11 is 4.56. The minimum Gasteiger partial charge on any atom is -0.450 e. The third kappa shape index (κ3) is 1.54. The van der Waals surface area contributed by atoms with Crippen molar-refractivity contribution in [3.8, 4) is 10.8 Å². The van der Waals surface area contributed by atoms with Crippen molar-refractivity contribution in [3.05, 3.63) is 34.0 Å². The second-order valence-corrected chi connectivity index (χ2v) is 5.38. The summed E-state index contributed by atoms with van der Waals surface area (Å²) in [7, 11) is 0. The van der Waals surface area contributed by atoms with Crippen LogP contribution in [-0.4, -0.2) is 10.2 Å². The summed E-state index contributed by atoms with van der Waals surface area (Å²) in [4.78, 5) is 0. The molecule has 2 heterocycles. The predicted octanol–water partition coefficient (Wildman–Crippen LogP) is 3.85. The van der Waals surface area contributed by atoms with Crippen LogP contribution in [0.4, 0.5) is 4.39 Å². The van der Waals surface area contributed by atoms with Crippen LogP contribution in [-0.2, 0) is 0 Å². The fourth-order valence-electron chi connectivity index (χ4n) is 1.44. The molecule has 1 aromatic carbocycles. The number of furan rings is 1. The zero-order valence-corrected chi connectivity index (χ0v) is 10.2. The largest absolute Gasteiger partial charge is 0.450 e. The van der Waals surface area contributed by atoms with Crippen molar-refractivity contribution in [1.82, 2.24) is 10.2 Å². The molecule has 16 heavy (non-hydrogen) atoms. The molecule has 0 spiro atoms. The molecule has 0 aliphatic heterocycles. The van der Waals surface area contributed by atoms with Crippen molar-refractivity contribution in [3.63, 3.8) is 0 Å². The van der Waals surface area contributed by atoms with Crippen molar-refractivity contribution >= 4 is 38.2 Å². The molecule has 0 unspecified atom stereocenters. The molecule has 6 heteroatoms. The summed E-state index contributed by atoms with van der Waals surface area (Å²) in [6.45, 7) is 0. The summed E-state index contributed by atoms with van der Waals surface area (Å²) in [5.74, 6) is 0.163. The topological polar surface area (TPSA) is 38.9 Å². The Bertz CT molecular complexity index is 664. The molecule has 3 aromatic rings. The number of rotatable bonds is 1. The van der Waals surface area contributed by atoms with Gasteiger partial charge in [0.2, 0.25) is 0 Å². The lowest BCUT2D eigenvalue weighted by Crippen LogP contribution is -1.71. The maximum Gasteiger partial charge on any atom is 0.184 e. The number of benzene rings is 1. The SMILES string of the molecule is Fc1cccc2cc(-c3nnc(Br)s3)oc12. The highest BCUT2D eigenvalue weighted by atomic mass is 79.9. The predicted molar refractivity (Wildman–Crippen MR) is 62.8 cm³/mol. The van der Waals surface area contributed by atoms with Crippen molar-refractivity contribution in [2.24, 2.45) is 0 Å². The average Bonchev–Trinajstić information content (AvgIpc) is 2.84. The molecular weight excluding hydrogens is 295 g/mol. The lowest BCUT2D eigenvalue weighted by Gasteiger charge is -1.88. The highest BCUT2D eigenvalue weighted by molar-refractivity contribution is 9.11. The molecule has 0 atom stereocenters. The zero-order chi connectivity index (χ0) is 11.1. The van der Waals surface area contributed by atoms with E-state index < -0.39 is 0 Å². The third-order valence-corrected chi connectivity index (χ3v) is 3.48. The van der Waals surface area contributed by atoms with E-state index in [1.165, 1.54) is 17.4 Å². The first-order valence-corrected chi connectivity index (χ1v) is 6.02. The number of para-hydroxylation sites is 1. The van der Waals surface area contributed by atoms with Crippen LogP contribution >= 0.6 is 27.3 Å². The van der Waals surface area contributed by atoms with Crippen LogP contribution in [0.25, 0.3) is 21.7 Å². The van der Waals surface area contributed by atoms with Gasteiger partial charge in [-0.25, -0.2) is 4.39 Å². The van der Waals surface area contributed by atoms with E-state index in [-0.39, 0.29) is 11.4 Å². The molecule has 0 saturated heterocycles. The van der Waals surface area contributed by atoms with Crippen LogP contribution in [0, 0.1) is 5.82 Å². The molecule has 0 fully saturated rings. The summed E-state index contributed by atoms with van der Waals surface area (Å²) in [6.07, 6.45) is 0. The van der Waals surface area contributed by atoms with Gasteiger partial charge in [0.05, 0.1) is 0 Å². The second-order valence-electron chi connectivity index (χ2n) is 3.13. The first-order valence-electron chi connectivity index (χ1n) is 4.41. The number of nitrogens with zero attached hydrogens (tertiary/aromatic N) is 2. The van der Waals surface area contributed by atoms with Crippen LogP contribution in [0.1, 0.15) is 0 Å². The molecule has 80 valence electrons. The van der Waals surface area contributed by atoms with Crippen LogP contribution in [0.3, 0.4) is 0 Å². The van der Waals surface area contributed by atoms with Crippen molar-refractivity contribution in [2.45, 2.75) is 0 Å². The van der Waals surface area contributed by atoms with Gasteiger partial charge in [-0.15, -0.1) is 10.2 Å². The summed E-state index contributed by atoms with van der Waals surface area (Å²) in [5, 5.41) is 9.08. The number of aromatic nitrogens is 2. The Morgan fingerprint density at radius 3 is 2.88 bits per heavy atom. The summed E-state index contributed by atoms with van der Waals surface area (Å²) < 4.78 is 19.5. The van der Waals surface area contributed by atoms with Gasteiger partial charge in [-0.05, 0) is 28.1 Å². The molecule has 0 aliphatic carbocycles. The van der Waals surface area contributed by atoms with E-state index in [0.717, 1.165) is 5.39 Å². The number of hydrogen-bond donors (Lipinski definition) is 0. The average molecular weight is 299 g/mol. The van der Waals surface area contributed by atoms with E-state index in [0.29, 0.717) is 14.7 Å². The summed E-state index contributed by atoms with van der Waals surface area (Å²) in [6, 6.07) is 6.56. The van der Waals surface area contributed by atoms with Crippen molar-refractivity contribution in [2.75, 3.05) is 0 Å². The Kier molecular flexibility index (Phi) is 2.26. The molecule has 0 radical (unpaired) electrons. The number of halogens is 2. The van der Waals surface area contributed by atoms with E-state index in [4.69, 9.17) is 4.42 Å². The molecule has 0 aliphatic rings. The van der Waals surface area contributed by atoms with Gasteiger partial charge in [-0.3, -0.25) is 0 Å². The first-order chi connectivity index (χ1) is 7.74. The summed E-state index contributed by atoms with van der Waals surface area (Å²) in [5.41, 5.74) is 0.254. The molecule has 3 rings (SSSR count). The number of fused-ring (bicyclic) bond motifs is 1. The van der Waals surface area contributed by atoms with Gasteiger partial charge >= 0.3 is 0 Å². The maximum absolute atomic E-state index is 13.4. The molecule has 0 N–H and O–H groups in total. The Balaban J connectivity index is 2.22. The monoisotopic (exact) mass is 298 g/mol. The standard InChI is InChI=1S/C10H4BrFN2OS/c11-10-14-13-9(16-10)7-4-5-2-1-3-6(12)8(5)15-7/h1-4H. The van der Waals surface area contributed by atoms with Gasteiger partial charge in [0.15, 0.2) is 26.1 Å². The Labute approximate surface area is 102 Å². The van der Waals surface area contributed by atoms with Gasteiger partial charge < -0.3 is 4.42 Å². The van der Waals surface area contributed by atoms with Crippen LogP contribution in [0.15, 0.2) is 32.6 Å². The lowest BCUT2D eigenvalue weighted by molar-refractivity contribution is 0.568.